The highest BCUT2D eigenvalue weighted by atomic mass is 32.2. The van der Waals surface area contributed by atoms with Crippen molar-refractivity contribution >= 4 is 29.5 Å². The Balaban J connectivity index is 2.82. The van der Waals surface area contributed by atoms with Gasteiger partial charge in [0.2, 0.25) is 0 Å². The summed E-state index contributed by atoms with van der Waals surface area (Å²) in [6.07, 6.45) is 4.34. The third kappa shape index (κ3) is 5.72. The molecule has 0 saturated heterocycles. The van der Waals surface area contributed by atoms with Crippen LogP contribution >= 0.6 is 11.8 Å². The number of anilines is 1. The summed E-state index contributed by atoms with van der Waals surface area (Å²) < 4.78 is 9.65. The van der Waals surface area contributed by atoms with Crippen LogP contribution in [0.25, 0.3) is 0 Å². The first-order chi connectivity index (χ1) is 10.6. The molecule has 0 aliphatic carbocycles. The predicted octanol–water partition coefficient (Wildman–Crippen LogP) is 2.01. The molecule has 8 heteroatoms. The number of thioether (sulfide) groups is 1. The lowest BCUT2D eigenvalue weighted by atomic mass is 10.3. The Bertz CT molecular complexity index is 511. The van der Waals surface area contributed by atoms with Crippen molar-refractivity contribution in [2.24, 2.45) is 0 Å². The zero-order chi connectivity index (χ0) is 16.4. The first-order valence-corrected chi connectivity index (χ1v) is 7.86. The normalized spacial score (nSPS) is 9.77. The molecule has 1 aromatic rings. The second kappa shape index (κ2) is 9.78. The SMILES string of the molecule is CCOC(=O)C(=CNc1cnc(SCC)cn1)C(=O)OCC. The molecule has 0 atom stereocenters. The molecule has 0 bridgehead atoms. The summed E-state index contributed by atoms with van der Waals surface area (Å²) in [5.74, 6) is -0.192. The molecule has 1 aromatic heterocycles. The fraction of sp³-hybridized carbons (Fsp3) is 0.429. The minimum absolute atomic E-state index is 0.165. The van der Waals surface area contributed by atoms with Gasteiger partial charge in [-0.1, -0.05) is 6.92 Å². The average molecular weight is 325 g/mol. The Hall–Kier alpha value is -2.09. The van der Waals surface area contributed by atoms with Gasteiger partial charge in [0.1, 0.15) is 10.8 Å². The number of carbonyl (C=O) groups excluding carboxylic acids is 2. The van der Waals surface area contributed by atoms with Crippen molar-refractivity contribution in [2.45, 2.75) is 25.8 Å². The number of esters is 2. The minimum atomic E-state index is -0.750. The average Bonchev–Trinajstić information content (AvgIpc) is 2.50. The number of hydrogen-bond donors (Lipinski definition) is 1. The second-order valence-electron chi connectivity index (χ2n) is 3.82. The lowest BCUT2D eigenvalue weighted by molar-refractivity contribution is -0.146. The topological polar surface area (TPSA) is 90.4 Å². The van der Waals surface area contributed by atoms with Crippen molar-refractivity contribution < 1.29 is 19.1 Å². The molecule has 1 rings (SSSR count). The van der Waals surface area contributed by atoms with Gasteiger partial charge in [-0.15, -0.1) is 11.8 Å². The van der Waals surface area contributed by atoms with Gasteiger partial charge in [0.15, 0.2) is 5.57 Å². The van der Waals surface area contributed by atoms with E-state index in [0.29, 0.717) is 5.82 Å². The summed E-state index contributed by atoms with van der Waals surface area (Å²) in [5, 5.41) is 3.55. The quantitative estimate of drug-likeness (QED) is 0.255. The fourth-order valence-corrected chi connectivity index (χ4v) is 1.93. The maximum Gasteiger partial charge on any atom is 0.347 e. The van der Waals surface area contributed by atoms with E-state index in [1.54, 1.807) is 31.8 Å². The summed E-state index contributed by atoms with van der Waals surface area (Å²) in [7, 11) is 0. The molecule has 0 unspecified atom stereocenters. The molecule has 0 fully saturated rings. The van der Waals surface area contributed by atoms with Crippen molar-refractivity contribution in [2.75, 3.05) is 24.3 Å². The molecule has 22 heavy (non-hydrogen) atoms. The van der Waals surface area contributed by atoms with E-state index < -0.39 is 11.9 Å². The Morgan fingerprint density at radius 1 is 1.14 bits per heavy atom. The number of aromatic nitrogens is 2. The molecule has 120 valence electrons. The van der Waals surface area contributed by atoms with Gasteiger partial charge in [-0.3, -0.25) is 0 Å². The predicted molar refractivity (Wildman–Crippen MR) is 83.4 cm³/mol. The van der Waals surface area contributed by atoms with Gasteiger partial charge in [-0.05, 0) is 19.6 Å². The van der Waals surface area contributed by atoms with E-state index in [-0.39, 0.29) is 18.8 Å². The maximum absolute atomic E-state index is 11.7. The third-order valence-electron chi connectivity index (χ3n) is 2.28. The van der Waals surface area contributed by atoms with E-state index in [2.05, 4.69) is 15.3 Å². The molecule has 0 spiro atoms. The summed E-state index contributed by atoms with van der Waals surface area (Å²) >= 11 is 1.57. The second-order valence-corrected chi connectivity index (χ2v) is 5.10. The van der Waals surface area contributed by atoms with E-state index in [9.17, 15) is 9.59 Å². The minimum Gasteiger partial charge on any atom is -0.462 e. The molecule has 1 heterocycles. The molecular weight excluding hydrogens is 306 g/mol. The first kappa shape index (κ1) is 18.0. The van der Waals surface area contributed by atoms with Gasteiger partial charge >= 0.3 is 11.9 Å². The van der Waals surface area contributed by atoms with Gasteiger partial charge < -0.3 is 14.8 Å². The van der Waals surface area contributed by atoms with Crippen molar-refractivity contribution in [3.05, 3.63) is 24.2 Å². The van der Waals surface area contributed by atoms with Gasteiger partial charge in [-0.25, -0.2) is 19.6 Å². The van der Waals surface area contributed by atoms with Crippen LogP contribution in [-0.2, 0) is 19.1 Å². The van der Waals surface area contributed by atoms with Gasteiger partial charge in [0.05, 0.1) is 25.6 Å². The van der Waals surface area contributed by atoms with Crippen LogP contribution in [-0.4, -0.2) is 40.9 Å². The van der Waals surface area contributed by atoms with Crippen LogP contribution in [0, 0.1) is 0 Å². The van der Waals surface area contributed by atoms with Crippen LogP contribution < -0.4 is 5.32 Å². The fourth-order valence-electron chi connectivity index (χ4n) is 1.38. The van der Waals surface area contributed by atoms with Crippen LogP contribution in [0.2, 0.25) is 0 Å². The molecule has 0 saturated carbocycles. The van der Waals surface area contributed by atoms with Gasteiger partial charge in [0.25, 0.3) is 0 Å². The number of nitrogens with one attached hydrogen (secondary N) is 1. The number of ether oxygens (including phenoxy) is 2. The van der Waals surface area contributed by atoms with Crippen LogP contribution in [0.4, 0.5) is 5.82 Å². The van der Waals surface area contributed by atoms with Gasteiger partial charge in [-0.2, -0.15) is 0 Å². The Labute approximate surface area is 133 Å². The molecule has 0 aliphatic rings. The molecule has 7 nitrogen and oxygen atoms in total. The highest BCUT2D eigenvalue weighted by molar-refractivity contribution is 7.99. The van der Waals surface area contributed by atoms with Crippen LogP contribution in [0.15, 0.2) is 29.2 Å². The monoisotopic (exact) mass is 325 g/mol. The lowest BCUT2D eigenvalue weighted by Crippen LogP contribution is -2.19. The standard InChI is InChI=1S/C14H19N3O4S/c1-4-20-13(18)10(14(19)21-5-2)7-15-11-8-17-12(9-16-11)22-6-3/h7-9H,4-6H2,1-3H3,(H,15,16). The van der Waals surface area contributed by atoms with Crippen molar-refractivity contribution in [3.8, 4) is 0 Å². The van der Waals surface area contributed by atoms with E-state index in [0.717, 1.165) is 10.8 Å². The van der Waals surface area contributed by atoms with Crippen LogP contribution in [0.5, 0.6) is 0 Å². The number of rotatable bonds is 8. The summed E-state index contributed by atoms with van der Waals surface area (Å²) in [6, 6.07) is 0. The summed E-state index contributed by atoms with van der Waals surface area (Å²) in [5.41, 5.74) is -0.225. The maximum atomic E-state index is 11.7. The molecule has 0 aromatic carbocycles. The van der Waals surface area contributed by atoms with E-state index in [1.165, 1.54) is 12.4 Å². The van der Waals surface area contributed by atoms with E-state index in [1.807, 2.05) is 6.92 Å². The van der Waals surface area contributed by atoms with Crippen molar-refractivity contribution in [1.82, 2.24) is 9.97 Å². The van der Waals surface area contributed by atoms with Gasteiger partial charge in [0, 0.05) is 6.20 Å². The number of hydrogen-bond acceptors (Lipinski definition) is 8. The third-order valence-corrected chi connectivity index (χ3v) is 3.07. The first-order valence-electron chi connectivity index (χ1n) is 6.88. The number of carbonyl (C=O) groups is 2. The highest BCUT2D eigenvalue weighted by Gasteiger charge is 2.20. The van der Waals surface area contributed by atoms with Crippen molar-refractivity contribution in [1.29, 1.82) is 0 Å². The van der Waals surface area contributed by atoms with Crippen LogP contribution in [0.3, 0.4) is 0 Å². The van der Waals surface area contributed by atoms with E-state index in [4.69, 9.17) is 9.47 Å². The lowest BCUT2D eigenvalue weighted by Gasteiger charge is -2.07. The smallest absolute Gasteiger partial charge is 0.347 e. The Morgan fingerprint density at radius 2 is 1.77 bits per heavy atom. The molecule has 1 N–H and O–H groups in total. The number of nitrogens with zero attached hydrogens (tertiary/aromatic N) is 2. The van der Waals surface area contributed by atoms with Crippen LogP contribution in [0.1, 0.15) is 20.8 Å². The Kier molecular flexibility index (Phi) is 7.98. The largest absolute Gasteiger partial charge is 0.462 e. The zero-order valence-corrected chi connectivity index (χ0v) is 13.6. The molecule has 0 amide bonds. The van der Waals surface area contributed by atoms with E-state index >= 15 is 0 Å². The Morgan fingerprint density at radius 3 is 2.23 bits per heavy atom. The highest BCUT2D eigenvalue weighted by Crippen LogP contribution is 2.14. The molecule has 0 radical (unpaired) electrons. The van der Waals surface area contributed by atoms with Crippen molar-refractivity contribution in [3.63, 3.8) is 0 Å². The summed E-state index contributed by atoms with van der Waals surface area (Å²) in [4.78, 5) is 31.8. The molecular formula is C14H19N3O4S. The summed E-state index contributed by atoms with van der Waals surface area (Å²) in [6.45, 7) is 5.66. The zero-order valence-electron chi connectivity index (χ0n) is 12.8. The molecule has 0 aliphatic heterocycles.